The number of nitro groups is 1. The van der Waals surface area contributed by atoms with Gasteiger partial charge in [0.15, 0.2) is 0 Å². The zero-order valence-corrected chi connectivity index (χ0v) is 10.9. The molecule has 2 N–H and O–H groups in total. The summed E-state index contributed by atoms with van der Waals surface area (Å²) in [6.07, 6.45) is -0.508. The van der Waals surface area contributed by atoms with Gasteiger partial charge in [0.05, 0.1) is 4.92 Å². The highest BCUT2D eigenvalue weighted by atomic mass is 16.6. The van der Waals surface area contributed by atoms with Gasteiger partial charge in [-0.1, -0.05) is 12.1 Å². The molecule has 0 unspecified atom stereocenters. The van der Waals surface area contributed by atoms with E-state index in [9.17, 15) is 14.9 Å². The highest BCUT2D eigenvalue weighted by Crippen LogP contribution is 2.22. The minimum atomic E-state index is -0.508. The molecule has 1 amide bonds. The fraction of sp³-hybridized carbons (Fsp3) is 0.417. The molecule has 104 valence electrons. The minimum absolute atomic E-state index is 0.0130. The van der Waals surface area contributed by atoms with Crippen LogP contribution in [-0.4, -0.2) is 37.1 Å². The molecule has 1 rings (SSSR count). The number of carbonyl (C=O) groups is 1. The van der Waals surface area contributed by atoms with Crippen molar-refractivity contribution in [2.75, 3.05) is 25.5 Å². The number of hydrogen-bond acceptors (Lipinski definition) is 5. The average molecular weight is 267 g/mol. The Bertz CT molecular complexity index is 450. The number of ether oxygens (including phenoxy) is 1. The number of carbonyl (C=O) groups excluding carboxylic acids is 1. The van der Waals surface area contributed by atoms with Crippen molar-refractivity contribution in [3.63, 3.8) is 0 Å². The summed E-state index contributed by atoms with van der Waals surface area (Å²) < 4.78 is 4.86. The van der Waals surface area contributed by atoms with E-state index in [-0.39, 0.29) is 11.6 Å². The lowest BCUT2D eigenvalue weighted by Crippen LogP contribution is -2.36. The number of nitrogens with one attached hydrogen (secondary N) is 2. The quantitative estimate of drug-likeness (QED) is 0.439. The van der Waals surface area contributed by atoms with Crippen LogP contribution in [0, 0.1) is 10.1 Å². The van der Waals surface area contributed by atoms with Gasteiger partial charge >= 0.3 is 0 Å². The monoisotopic (exact) mass is 267 g/mol. The van der Waals surface area contributed by atoms with Crippen LogP contribution in [-0.2, 0) is 9.53 Å². The van der Waals surface area contributed by atoms with Crippen LogP contribution in [0.25, 0.3) is 0 Å². The van der Waals surface area contributed by atoms with Crippen LogP contribution in [0.5, 0.6) is 0 Å². The Morgan fingerprint density at radius 3 is 2.74 bits per heavy atom. The largest absolute Gasteiger partial charge is 0.378 e. The molecule has 0 aliphatic rings. The maximum Gasteiger partial charge on any atom is 0.292 e. The summed E-state index contributed by atoms with van der Waals surface area (Å²) in [7, 11) is 1.45. The van der Waals surface area contributed by atoms with Crippen molar-refractivity contribution >= 4 is 17.3 Å². The Balaban J connectivity index is 2.42. The average Bonchev–Trinajstić information content (AvgIpc) is 2.42. The zero-order chi connectivity index (χ0) is 14.3. The highest BCUT2D eigenvalue weighted by Gasteiger charge is 2.12. The number of rotatable bonds is 7. The van der Waals surface area contributed by atoms with E-state index in [1.807, 2.05) is 0 Å². The SMILES string of the molecule is CO[C@@H](C)C(=O)NCCNc1ccccc1[N+](=O)[O-]. The normalized spacial score (nSPS) is 11.7. The first-order chi connectivity index (χ1) is 9.06. The number of nitrogens with zero attached hydrogens (tertiary/aromatic N) is 1. The van der Waals surface area contributed by atoms with Crippen molar-refractivity contribution in [2.24, 2.45) is 0 Å². The van der Waals surface area contributed by atoms with E-state index in [2.05, 4.69) is 10.6 Å². The molecule has 0 saturated carbocycles. The summed E-state index contributed by atoms with van der Waals surface area (Å²) in [6.45, 7) is 2.40. The van der Waals surface area contributed by atoms with E-state index >= 15 is 0 Å². The van der Waals surface area contributed by atoms with E-state index in [0.29, 0.717) is 18.8 Å². The first kappa shape index (κ1) is 14.9. The number of benzene rings is 1. The molecule has 0 fully saturated rings. The van der Waals surface area contributed by atoms with Gasteiger partial charge in [-0.3, -0.25) is 14.9 Å². The van der Waals surface area contributed by atoms with E-state index in [0.717, 1.165) is 0 Å². The van der Waals surface area contributed by atoms with E-state index < -0.39 is 11.0 Å². The lowest BCUT2D eigenvalue weighted by Gasteiger charge is -2.11. The second-order valence-electron chi connectivity index (χ2n) is 3.87. The third-order valence-corrected chi connectivity index (χ3v) is 2.56. The highest BCUT2D eigenvalue weighted by molar-refractivity contribution is 5.80. The lowest BCUT2D eigenvalue weighted by atomic mass is 10.2. The molecule has 0 aliphatic heterocycles. The van der Waals surface area contributed by atoms with E-state index in [1.165, 1.54) is 13.2 Å². The van der Waals surface area contributed by atoms with Crippen molar-refractivity contribution in [2.45, 2.75) is 13.0 Å². The Labute approximate surface area is 111 Å². The topological polar surface area (TPSA) is 93.5 Å². The number of anilines is 1. The Kier molecular flexibility index (Phi) is 5.74. The first-order valence-corrected chi connectivity index (χ1v) is 5.84. The van der Waals surface area contributed by atoms with Crippen LogP contribution < -0.4 is 10.6 Å². The number of methoxy groups -OCH3 is 1. The lowest BCUT2D eigenvalue weighted by molar-refractivity contribution is -0.384. The summed E-state index contributed by atoms with van der Waals surface area (Å²) in [5, 5.41) is 16.3. The first-order valence-electron chi connectivity index (χ1n) is 5.84. The molecule has 0 aromatic heterocycles. The maximum absolute atomic E-state index is 11.4. The van der Waals surface area contributed by atoms with Crippen molar-refractivity contribution < 1.29 is 14.5 Å². The third kappa shape index (κ3) is 4.55. The van der Waals surface area contributed by atoms with E-state index in [1.54, 1.807) is 25.1 Å². The fourth-order valence-corrected chi connectivity index (χ4v) is 1.42. The maximum atomic E-state index is 11.4. The molecule has 0 bridgehead atoms. The number of hydrogen-bond donors (Lipinski definition) is 2. The fourth-order valence-electron chi connectivity index (χ4n) is 1.42. The van der Waals surface area contributed by atoms with Gasteiger partial charge in [0, 0.05) is 26.3 Å². The van der Waals surface area contributed by atoms with Gasteiger partial charge in [-0.25, -0.2) is 0 Å². The van der Waals surface area contributed by atoms with Crippen LogP contribution in [0.15, 0.2) is 24.3 Å². The van der Waals surface area contributed by atoms with Gasteiger partial charge in [0.2, 0.25) is 5.91 Å². The van der Waals surface area contributed by atoms with Gasteiger partial charge in [0.25, 0.3) is 5.69 Å². The summed E-state index contributed by atoms with van der Waals surface area (Å²) >= 11 is 0. The molecule has 1 aromatic carbocycles. The molecule has 19 heavy (non-hydrogen) atoms. The standard InChI is InChI=1S/C12H17N3O4/c1-9(19-2)12(16)14-8-7-13-10-5-3-4-6-11(10)15(17)18/h3-6,9,13H,7-8H2,1-2H3,(H,14,16)/t9-/m0/s1. The Morgan fingerprint density at radius 1 is 1.42 bits per heavy atom. The molecule has 0 spiro atoms. The molecule has 7 nitrogen and oxygen atoms in total. The van der Waals surface area contributed by atoms with Crippen molar-refractivity contribution in [3.05, 3.63) is 34.4 Å². The summed E-state index contributed by atoms with van der Waals surface area (Å²) in [6, 6.07) is 6.36. The summed E-state index contributed by atoms with van der Waals surface area (Å²) in [5.74, 6) is -0.216. The van der Waals surface area contributed by atoms with Crippen molar-refractivity contribution in [3.8, 4) is 0 Å². The van der Waals surface area contributed by atoms with Gasteiger partial charge in [0.1, 0.15) is 11.8 Å². The molecular weight excluding hydrogens is 250 g/mol. The Morgan fingerprint density at radius 2 is 2.11 bits per heavy atom. The molecule has 0 aliphatic carbocycles. The second-order valence-corrected chi connectivity index (χ2v) is 3.87. The summed E-state index contributed by atoms with van der Waals surface area (Å²) in [4.78, 5) is 21.7. The molecule has 7 heteroatoms. The molecular formula is C12H17N3O4. The van der Waals surface area contributed by atoms with Crippen molar-refractivity contribution in [1.82, 2.24) is 5.32 Å². The van der Waals surface area contributed by atoms with Crippen LogP contribution in [0.2, 0.25) is 0 Å². The van der Waals surface area contributed by atoms with Crippen LogP contribution >= 0.6 is 0 Å². The summed E-state index contributed by atoms with van der Waals surface area (Å²) in [5.41, 5.74) is 0.445. The molecule has 1 aromatic rings. The minimum Gasteiger partial charge on any atom is -0.378 e. The van der Waals surface area contributed by atoms with Gasteiger partial charge in [-0.2, -0.15) is 0 Å². The third-order valence-electron chi connectivity index (χ3n) is 2.56. The van der Waals surface area contributed by atoms with Gasteiger partial charge in [-0.15, -0.1) is 0 Å². The van der Waals surface area contributed by atoms with Gasteiger partial charge < -0.3 is 15.4 Å². The van der Waals surface area contributed by atoms with E-state index in [4.69, 9.17) is 4.74 Å². The number of para-hydroxylation sites is 2. The second kappa shape index (κ2) is 7.32. The number of amides is 1. The zero-order valence-electron chi connectivity index (χ0n) is 10.9. The molecule has 0 heterocycles. The van der Waals surface area contributed by atoms with Crippen LogP contribution in [0.3, 0.4) is 0 Å². The predicted molar refractivity (Wildman–Crippen MR) is 71.1 cm³/mol. The number of nitro benzene ring substituents is 1. The molecule has 0 saturated heterocycles. The molecule has 1 atom stereocenters. The van der Waals surface area contributed by atoms with Crippen LogP contribution in [0.4, 0.5) is 11.4 Å². The Hall–Kier alpha value is -2.15. The molecule has 0 radical (unpaired) electrons. The predicted octanol–water partition coefficient (Wildman–Crippen LogP) is 1.16. The smallest absolute Gasteiger partial charge is 0.292 e. The van der Waals surface area contributed by atoms with Crippen molar-refractivity contribution in [1.29, 1.82) is 0 Å². The van der Waals surface area contributed by atoms with Gasteiger partial charge in [-0.05, 0) is 13.0 Å². The van der Waals surface area contributed by atoms with Crippen LogP contribution in [0.1, 0.15) is 6.92 Å².